The number of nitrogens with zero attached hydrogens (tertiary/aromatic N) is 3. The number of carboxylic acids is 1. The number of carbonyl (C=O) groups is 2. The third kappa shape index (κ3) is 3.52. The van der Waals surface area contributed by atoms with Crippen molar-refractivity contribution in [1.29, 1.82) is 0 Å². The topological polar surface area (TPSA) is 97.1 Å². The maximum absolute atomic E-state index is 13.0. The molecule has 2 atom stereocenters. The average Bonchev–Trinajstić information content (AvgIpc) is 3.05. The lowest BCUT2D eigenvalue weighted by Gasteiger charge is -2.39. The molecule has 1 saturated carbocycles. The molecule has 1 heterocycles. The van der Waals surface area contributed by atoms with Gasteiger partial charge in [0, 0.05) is 0 Å². The van der Waals surface area contributed by atoms with Gasteiger partial charge in [0.1, 0.15) is 5.82 Å². The van der Waals surface area contributed by atoms with Crippen LogP contribution in [-0.4, -0.2) is 37.5 Å². The van der Waals surface area contributed by atoms with Crippen molar-refractivity contribution in [3.8, 4) is 5.69 Å². The second-order valence-electron chi connectivity index (χ2n) is 6.50. The minimum Gasteiger partial charge on any atom is -0.481 e. The molecule has 1 fully saturated rings. The number of amides is 1. The number of hydrogen-bond donors (Lipinski definition) is 2. The van der Waals surface area contributed by atoms with Crippen molar-refractivity contribution in [2.75, 3.05) is 0 Å². The van der Waals surface area contributed by atoms with Crippen LogP contribution >= 0.6 is 0 Å². The van der Waals surface area contributed by atoms with Gasteiger partial charge in [-0.05, 0) is 44.0 Å². The molecule has 0 bridgehead atoms. The molecule has 1 amide bonds. The molecule has 1 aromatic heterocycles. The van der Waals surface area contributed by atoms with E-state index in [0.717, 1.165) is 12.8 Å². The number of aromatic nitrogens is 3. The monoisotopic (exact) mass is 346 g/mol. The molecule has 1 aliphatic carbocycles. The van der Waals surface area contributed by atoms with Gasteiger partial charge in [-0.1, -0.05) is 12.8 Å². The largest absolute Gasteiger partial charge is 0.481 e. The molecular formula is C17H19FN4O3. The summed E-state index contributed by atoms with van der Waals surface area (Å²) in [7, 11) is 0. The molecule has 25 heavy (non-hydrogen) atoms. The standard InChI is InChI=1S/C17H19FN4O3/c1-17(9-3-2-4-13(17)16(24)25)20-15(23)14-10-19-22(21-14)12-7-5-11(18)6-8-12/h5-8,10,13H,2-4,9H2,1H3,(H,20,23)(H,24,25). The first-order valence-electron chi connectivity index (χ1n) is 8.13. The van der Waals surface area contributed by atoms with Gasteiger partial charge in [-0.2, -0.15) is 9.90 Å². The van der Waals surface area contributed by atoms with E-state index in [-0.39, 0.29) is 11.5 Å². The van der Waals surface area contributed by atoms with Crippen LogP contribution < -0.4 is 5.32 Å². The van der Waals surface area contributed by atoms with E-state index in [9.17, 15) is 19.1 Å². The third-order valence-corrected chi connectivity index (χ3v) is 4.69. The first-order valence-corrected chi connectivity index (χ1v) is 8.13. The minimum absolute atomic E-state index is 0.0836. The van der Waals surface area contributed by atoms with Crippen molar-refractivity contribution < 1.29 is 19.1 Å². The van der Waals surface area contributed by atoms with Crippen LogP contribution in [0, 0.1) is 11.7 Å². The summed E-state index contributed by atoms with van der Waals surface area (Å²) in [6.07, 6.45) is 4.14. The molecule has 0 aliphatic heterocycles. The fourth-order valence-corrected chi connectivity index (χ4v) is 3.27. The predicted molar refractivity (Wildman–Crippen MR) is 86.8 cm³/mol. The number of rotatable bonds is 4. The van der Waals surface area contributed by atoms with Gasteiger partial charge in [-0.15, -0.1) is 5.10 Å². The zero-order valence-electron chi connectivity index (χ0n) is 13.8. The molecule has 7 nitrogen and oxygen atoms in total. The van der Waals surface area contributed by atoms with Crippen LogP contribution in [0.2, 0.25) is 0 Å². The first-order chi connectivity index (χ1) is 11.9. The highest BCUT2D eigenvalue weighted by Gasteiger charge is 2.42. The van der Waals surface area contributed by atoms with Crippen LogP contribution in [0.25, 0.3) is 5.69 Å². The van der Waals surface area contributed by atoms with Crippen LogP contribution in [0.4, 0.5) is 4.39 Å². The highest BCUT2D eigenvalue weighted by molar-refractivity contribution is 5.93. The summed E-state index contributed by atoms with van der Waals surface area (Å²) in [5.41, 5.74) is -0.214. The molecule has 2 unspecified atom stereocenters. The highest BCUT2D eigenvalue weighted by Crippen LogP contribution is 2.34. The molecule has 2 aromatic rings. The lowest BCUT2D eigenvalue weighted by atomic mass is 9.74. The van der Waals surface area contributed by atoms with E-state index >= 15 is 0 Å². The van der Waals surface area contributed by atoms with Crippen molar-refractivity contribution in [3.05, 3.63) is 42.0 Å². The van der Waals surface area contributed by atoms with Crippen molar-refractivity contribution in [1.82, 2.24) is 20.3 Å². The van der Waals surface area contributed by atoms with E-state index in [2.05, 4.69) is 15.5 Å². The van der Waals surface area contributed by atoms with Gasteiger partial charge in [0.25, 0.3) is 5.91 Å². The van der Waals surface area contributed by atoms with Gasteiger partial charge in [0.05, 0.1) is 23.3 Å². The lowest BCUT2D eigenvalue weighted by molar-refractivity contribution is -0.145. The average molecular weight is 346 g/mol. The number of nitrogens with one attached hydrogen (secondary N) is 1. The van der Waals surface area contributed by atoms with Crippen molar-refractivity contribution in [2.24, 2.45) is 5.92 Å². The van der Waals surface area contributed by atoms with Gasteiger partial charge in [-0.3, -0.25) is 9.59 Å². The number of halogens is 1. The second-order valence-corrected chi connectivity index (χ2v) is 6.50. The minimum atomic E-state index is -0.905. The van der Waals surface area contributed by atoms with E-state index in [0.29, 0.717) is 18.5 Å². The molecule has 1 aliphatic rings. The number of carbonyl (C=O) groups excluding carboxylic acids is 1. The SMILES string of the molecule is CC1(NC(=O)c2cnn(-c3ccc(F)cc3)n2)CCCCC1C(=O)O. The molecule has 0 spiro atoms. The predicted octanol–water partition coefficient (Wildman–Crippen LogP) is 2.17. The first kappa shape index (κ1) is 17.1. The van der Waals surface area contributed by atoms with Crippen LogP contribution in [0.15, 0.2) is 30.5 Å². The van der Waals surface area contributed by atoms with Crippen molar-refractivity contribution >= 4 is 11.9 Å². The molecule has 1 aromatic carbocycles. The highest BCUT2D eigenvalue weighted by atomic mass is 19.1. The summed E-state index contributed by atoms with van der Waals surface area (Å²) in [5.74, 6) is -2.38. The molecular weight excluding hydrogens is 327 g/mol. The number of benzene rings is 1. The molecule has 3 rings (SSSR count). The normalized spacial score (nSPS) is 23.2. The number of aliphatic carboxylic acids is 1. The van der Waals surface area contributed by atoms with Crippen LogP contribution in [0.3, 0.4) is 0 Å². The Hall–Kier alpha value is -2.77. The Kier molecular flexibility index (Phi) is 4.52. The van der Waals surface area contributed by atoms with Gasteiger partial charge in [0.15, 0.2) is 5.69 Å². The van der Waals surface area contributed by atoms with E-state index in [4.69, 9.17) is 0 Å². The van der Waals surface area contributed by atoms with Gasteiger partial charge in [0.2, 0.25) is 0 Å². The Bertz CT molecular complexity index is 789. The fraction of sp³-hybridized carbons (Fsp3) is 0.412. The Labute approximate surface area is 143 Å². The van der Waals surface area contributed by atoms with E-state index < -0.39 is 23.3 Å². The lowest BCUT2D eigenvalue weighted by Crippen LogP contribution is -2.55. The van der Waals surface area contributed by atoms with Crippen molar-refractivity contribution in [2.45, 2.75) is 38.1 Å². The molecule has 0 saturated heterocycles. The third-order valence-electron chi connectivity index (χ3n) is 4.69. The number of carboxylic acid groups (broad SMARTS) is 1. The Morgan fingerprint density at radius 3 is 2.72 bits per heavy atom. The summed E-state index contributed by atoms with van der Waals surface area (Å²) in [5, 5.41) is 20.4. The van der Waals surface area contributed by atoms with Crippen molar-refractivity contribution in [3.63, 3.8) is 0 Å². The van der Waals surface area contributed by atoms with Gasteiger partial charge in [-0.25, -0.2) is 4.39 Å². The van der Waals surface area contributed by atoms with Gasteiger partial charge >= 0.3 is 5.97 Å². The van der Waals surface area contributed by atoms with Crippen LogP contribution in [-0.2, 0) is 4.79 Å². The molecule has 0 radical (unpaired) electrons. The summed E-state index contributed by atoms with van der Waals surface area (Å²) in [6, 6.07) is 5.55. The summed E-state index contributed by atoms with van der Waals surface area (Å²) >= 11 is 0. The second kappa shape index (κ2) is 6.62. The summed E-state index contributed by atoms with van der Waals surface area (Å²) in [4.78, 5) is 25.2. The fourth-order valence-electron chi connectivity index (χ4n) is 3.27. The zero-order chi connectivity index (χ0) is 18.0. The summed E-state index contributed by atoms with van der Waals surface area (Å²) in [6.45, 7) is 1.76. The Morgan fingerprint density at radius 1 is 1.32 bits per heavy atom. The Morgan fingerprint density at radius 2 is 2.04 bits per heavy atom. The number of hydrogen-bond acceptors (Lipinski definition) is 4. The van der Waals surface area contributed by atoms with Crippen LogP contribution in [0.5, 0.6) is 0 Å². The van der Waals surface area contributed by atoms with E-state index in [1.807, 2.05) is 0 Å². The maximum atomic E-state index is 13.0. The molecule has 132 valence electrons. The van der Waals surface area contributed by atoms with Gasteiger partial charge < -0.3 is 10.4 Å². The van der Waals surface area contributed by atoms with E-state index in [1.54, 1.807) is 6.92 Å². The quantitative estimate of drug-likeness (QED) is 0.884. The summed E-state index contributed by atoms with van der Waals surface area (Å²) < 4.78 is 13.0. The molecule has 2 N–H and O–H groups in total. The molecule has 8 heteroatoms. The van der Waals surface area contributed by atoms with Crippen LogP contribution in [0.1, 0.15) is 43.1 Å². The maximum Gasteiger partial charge on any atom is 0.308 e. The van der Waals surface area contributed by atoms with E-state index in [1.165, 1.54) is 35.3 Å². The smallest absolute Gasteiger partial charge is 0.308 e. The Balaban J connectivity index is 1.77. The zero-order valence-corrected chi connectivity index (χ0v) is 13.8.